The van der Waals surface area contributed by atoms with Gasteiger partial charge in [0.2, 0.25) is 0 Å². The van der Waals surface area contributed by atoms with Gasteiger partial charge in [0.15, 0.2) is 0 Å². The van der Waals surface area contributed by atoms with E-state index in [0.29, 0.717) is 11.4 Å². The second-order valence-electron chi connectivity index (χ2n) is 4.33. The SMILES string of the molecule is Cc1ccc(N)c(S(=O)CCc2ccccc2)c1. The molecule has 0 amide bonds. The van der Waals surface area contributed by atoms with Crippen molar-refractivity contribution in [1.29, 1.82) is 0 Å². The number of anilines is 1. The van der Waals surface area contributed by atoms with Crippen molar-refractivity contribution in [3.8, 4) is 0 Å². The summed E-state index contributed by atoms with van der Waals surface area (Å²) in [7, 11) is -1.03. The van der Waals surface area contributed by atoms with E-state index >= 15 is 0 Å². The number of rotatable bonds is 4. The summed E-state index contributed by atoms with van der Waals surface area (Å²) < 4.78 is 12.2. The van der Waals surface area contributed by atoms with Crippen LogP contribution in [0.1, 0.15) is 11.1 Å². The summed E-state index contributed by atoms with van der Waals surface area (Å²) in [4.78, 5) is 0.755. The number of nitrogens with two attached hydrogens (primary N) is 1. The first-order valence-corrected chi connectivity index (χ1v) is 7.27. The lowest BCUT2D eigenvalue weighted by atomic mass is 10.2. The lowest BCUT2D eigenvalue weighted by molar-refractivity contribution is 0.682. The largest absolute Gasteiger partial charge is 0.398 e. The third-order valence-corrected chi connectivity index (χ3v) is 4.25. The molecule has 0 aromatic heterocycles. The van der Waals surface area contributed by atoms with E-state index in [1.54, 1.807) is 0 Å². The molecule has 0 spiro atoms. The molecule has 0 saturated heterocycles. The highest BCUT2D eigenvalue weighted by Crippen LogP contribution is 2.18. The van der Waals surface area contributed by atoms with Crippen molar-refractivity contribution in [2.75, 3.05) is 11.5 Å². The van der Waals surface area contributed by atoms with Gasteiger partial charge in [-0.2, -0.15) is 0 Å². The Morgan fingerprint density at radius 2 is 1.83 bits per heavy atom. The van der Waals surface area contributed by atoms with Gasteiger partial charge in [-0.3, -0.25) is 4.21 Å². The minimum Gasteiger partial charge on any atom is -0.398 e. The van der Waals surface area contributed by atoms with Crippen LogP contribution in [0.2, 0.25) is 0 Å². The zero-order chi connectivity index (χ0) is 13.0. The van der Waals surface area contributed by atoms with Gasteiger partial charge in [0.1, 0.15) is 0 Å². The Morgan fingerprint density at radius 1 is 1.11 bits per heavy atom. The molecule has 94 valence electrons. The Hall–Kier alpha value is -1.61. The summed E-state index contributed by atoms with van der Waals surface area (Å²) >= 11 is 0. The minimum absolute atomic E-state index is 0.609. The van der Waals surface area contributed by atoms with E-state index in [0.717, 1.165) is 16.9 Å². The molecule has 0 heterocycles. The number of benzene rings is 2. The number of aryl methyl sites for hydroxylation is 2. The zero-order valence-electron chi connectivity index (χ0n) is 10.4. The average Bonchev–Trinajstić information content (AvgIpc) is 2.40. The molecule has 0 radical (unpaired) electrons. The van der Waals surface area contributed by atoms with Crippen molar-refractivity contribution < 1.29 is 4.21 Å². The molecule has 2 nitrogen and oxygen atoms in total. The maximum atomic E-state index is 12.2. The summed E-state index contributed by atoms with van der Waals surface area (Å²) in [6.45, 7) is 1.98. The molecule has 1 atom stereocenters. The molecule has 2 N–H and O–H groups in total. The highest BCUT2D eigenvalue weighted by atomic mass is 32.2. The number of hydrogen-bond donors (Lipinski definition) is 1. The molecular weight excluding hydrogens is 242 g/mol. The minimum atomic E-state index is -1.03. The van der Waals surface area contributed by atoms with Gasteiger partial charge in [0.05, 0.1) is 15.7 Å². The van der Waals surface area contributed by atoms with Gasteiger partial charge in [-0.05, 0) is 36.6 Å². The average molecular weight is 259 g/mol. The van der Waals surface area contributed by atoms with Gasteiger partial charge in [-0.25, -0.2) is 0 Å². The predicted molar refractivity (Wildman–Crippen MR) is 77.0 cm³/mol. The number of hydrogen-bond acceptors (Lipinski definition) is 2. The van der Waals surface area contributed by atoms with Gasteiger partial charge >= 0.3 is 0 Å². The van der Waals surface area contributed by atoms with E-state index in [4.69, 9.17) is 5.73 Å². The molecular formula is C15H17NOS. The Morgan fingerprint density at radius 3 is 2.56 bits per heavy atom. The Kier molecular flexibility index (Phi) is 4.15. The molecule has 2 aromatic rings. The van der Waals surface area contributed by atoms with Crippen LogP contribution in [0.25, 0.3) is 0 Å². The van der Waals surface area contributed by atoms with Crippen LogP contribution in [-0.2, 0) is 17.2 Å². The molecule has 0 saturated carbocycles. The number of nitrogen functional groups attached to an aromatic ring is 1. The predicted octanol–water partition coefficient (Wildman–Crippen LogP) is 2.93. The highest BCUT2D eigenvalue weighted by Gasteiger charge is 2.08. The standard InChI is InChI=1S/C15H17NOS/c1-12-7-8-14(16)15(11-12)18(17)10-9-13-5-3-2-4-6-13/h2-8,11H,9-10,16H2,1H3. The van der Waals surface area contributed by atoms with Gasteiger partial charge in [-0.1, -0.05) is 36.4 Å². The summed E-state index contributed by atoms with van der Waals surface area (Å²) in [6, 6.07) is 15.8. The summed E-state index contributed by atoms with van der Waals surface area (Å²) in [5.74, 6) is 0.609. The van der Waals surface area contributed by atoms with Crippen LogP contribution in [0.4, 0.5) is 5.69 Å². The van der Waals surface area contributed by atoms with Gasteiger partial charge in [-0.15, -0.1) is 0 Å². The smallest absolute Gasteiger partial charge is 0.0620 e. The van der Waals surface area contributed by atoms with Gasteiger partial charge in [0.25, 0.3) is 0 Å². The normalized spacial score (nSPS) is 12.3. The van der Waals surface area contributed by atoms with Crippen LogP contribution in [0.3, 0.4) is 0 Å². The van der Waals surface area contributed by atoms with E-state index in [9.17, 15) is 4.21 Å². The van der Waals surface area contributed by atoms with E-state index < -0.39 is 10.8 Å². The molecule has 2 rings (SSSR count). The van der Waals surface area contributed by atoms with Crippen molar-refractivity contribution in [2.45, 2.75) is 18.2 Å². The first kappa shape index (κ1) is 12.8. The topological polar surface area (TPSA) is 43.1 Å². The second-order valence-corrected chi connectivity index (χ2v) is 5.87. The van der Waals surface area contributed by atoms with Crippen molar-refractivity contribution in [3.05, 3.63) is 59.7 Å². The molecule has 0 bridgehead atoms. The van der Waals surface area contributed by atoms with Crippen LogP contribution in [0, 0.1) is 6.92 Å². The molecule has 18 heavy (non-hydrogen) atoms. The zero-order valence-corrected chi connectivity index (χ0v) is 11.2. The summed E-state index contributed by atoms with van der Waals surface area (Å²) in [6.07, 6.45) is 0.806. The lowest BCUT2D eigenvalue weighted by Crippen LogP contribution is -2.05. The molecule has 0 aliphatic heterocycles. The summed E-state index contributed by atoms with van der Waals surface area (Å²) in [5, 5.41) is 0. The van der Waals surface area contributed by atoms with E-state index in [1.807, 2.05) is 43.3 Å². The molecule has 1 unspecified atom stereocenters. The lowest BCUT2D eigenvalue weighted by Gasteiger charge is -2.07. The fourth-order valence-electron chi connectivity index (χ4n) is 1.80. The first-order valence-electron chi connectivity index (χ1n) is 5.95. The molecule has 0 aliphatic carbocycles. The Labute approximate surface area is 110 Å². The van der Waals surface area contributed by atoms with Crippen LogP contribution >= 0.6 is 0 Å². The van der Waals surface area contributed by atoms with Crippen LogP contribution < -0.4 is 5.73 Å². The fourth-order valence-corrected chi connectivity index (χ4v) is 3.09. The maximum Gasteiger partial charge on any atom is 0.0620 e. The van der Waals surface area contributed by atoms with Crippen molar-refractivity contribution in [3.63, 3.8) is 0 Å². The van der Waals surface area contributed by atoms with Crippen LogP contribution in [0.15, 0.2) is 53.4 Å². The molecule has 2 aromatic carbocycles. The van der Waals surface area contributed by atoms with E-state index in [1.165, 1.54) is 5.56 Å². The Balaban J connectivity index is 2.06. The fraction of sp³-hybridized carbons (Fsp3) is 0.200. The van der Waals surface area contributed by atoms with E-state index in [-0.39, 0.29) is 0 Å². The summed E-state index contributed by atoms with van der Waals surface area (Å²) in [5.41, 5.74) is 8.78. The van der Waals surface area contributed by atoms with Crippen molar-refractivity contribution in [1.82, 2.24) is 0 Å². The monoisotopic (exact) mass is 259 g/mol. The third-order valence-electron chi connectivity index (χ3n) is 2.83. The van der Waals surface area contributed by atoms with Gasteiger partial charge < -0.3 is 5.73 Å². The third kappa shape index (κ3) is 3.20. The van der Waals surface area contributed by atoms with Crippen molar-refractivity contribution in [2.24, 2.45) is 0 Å². The highest BCUT2D eigenvalue weighted by molar-refractivity contribution is 7.85. The molecule has 0 aliphatic rings. The molecule has 3 heteroatoms. The Bertz CT molecular complexity index is 552. The first-order chi connectivity index (χ1) is 8.66. The van der Waals surface area contributed by atoms with Crippen LogP contribution in [0.5, 0.6) is 0 Å². The van der Waals surface area contributed by atoms with E-state index in [2.05, 4.69) is 12.1 Å². The quantitative estimate of drug-likeness (QED) is 0.858. The van der Waals surface area contributed by atoms with Crippen LogP contribution in [-0.4, -0.2) is 9.96 Å². The maximum absolute atomic E-state index is 12.2. The van der Waals surface area contributed by atoms with Crippen molar-refractivity contribution >= 4 is 16.5 Å². The molecule has 0 fully saturated rings. The van der Waals surface area contributed by atoms with Gasteiger partial charge in [0, 0.05) is 11.4 Å². The second kappa shape index (κ2) is 5.83.